The summed E-state index contributed by atoms with van der Waals surface area (Å²) in [6, 6.07) is 7.34. The van der Waals surface area contributed by atoms with Gasteiger partial charge in [-0.05, 0) is 24.3 Å². The molecule has 104 valence electrons. The fraction of sp³-hybridized carbons (Fsp3) is 0.133. The van der Waals surface area contributed by atoms with Crippen molar-refractivity contribution in [3.05, 3.63) is 59.2 Å². The first-order valence-electron chi connectivity index (χ1n) is 5.78. The predicted octanol–water partition coefficient (Wildman–Crippen LogP) is 3.21. The highest BCUT2D eigenvalue weighted by atomic mass is 19.1. The lowest BCUT2D eigenvalue weighted by Crippen LogP contribution is -2.05. The van der Waals surface area contributed by atoms with Crippen LogP contribution in [0.5, 0.6) is 11.5 Å². The molecular formula is C15H12F2O3. The number of carbonyl (C=O) groups excluding carboxylic acids is 1. The number of hydrogen-bond donors (Lipinski definition) is 0. The van der Waals surface area contributed by atoms with E-state index in [1.165, 1.54) is 26.4 Å². The molecule has 0 radical (unpaired) electrons. The zero-order valence-electron chi connectivity index (χ0n) is 10.9. The van der Waals surface area contributed by atoms with E-state index in [0.717, 1.165) is 12.1 Å². The Morgan fingerprint density at radius 3 is 2.05 bits per heavy atom. The third kappa shape index (κ3) is 2.77. The second-order valence-corrected chi connectivity index (χ2v) is 4.05. The van der Waals surface area contributed by atoms with Crippen LogP contribution >= 0.6 is 0 Å². The molecule has 0 spiro atoms. The third-order valence-electron chi connectivity index (χ3n) is 2.79. The smallest absolute Gasteiger partial charge is 0.196 e. The predicted molar refractivity (Wildman–Crippen MR) is 69.3 cm³/mol. The van der Waals surface area contributed by atoms with Crippen molar-refractivity contribution in [1.82, 2.24) is 0 Å². The van der Waals surface area contributed by atoms with Gasteiger partial charge in [-0.25, -0.2) is 8.78 Å². The Morgan fingerprint density at radius 1 is 0.950 bits per heavy atom. The van der Waals surface area contributed by atoms with Crippen LogP contribution in [0.4, 0.5) is 8.78 Å². The van der Waals surface area contributed by atoms with Crippen LogP contribution in [-0.2, 0) is 0 Å². The summed E-state index contributed by atoms with van der Waals surface area (Å²) in [6.07, 6.45) is 0. The molecule has 0 heterocycles. The molecule has 0 saturated carbocycles. The molecule has 2 rings (SSSR count). The maximum atomic E-state index is 13.6. The lowest BCUT2D eigenvalue weighted by Gasteiger charge is -2.08. The first-order chi connectivity index (χ1) is 9.55. The van der Waals surface area contributed by atoms with E-state index in [-0.39, 0.29) is 11.1 Å². The van der Waals surface area contributed by atoms with Crippen LogP contribution in [0.3, 0.4) is 0 Å². The number of ether oxygens (including phenoxy) is 2. The van der Waals surface area contributed by atoms with Gasteiger partial charge in [0.2, 0.25) is 0 Å². The third-order valence-corrected chi connectivity index (χ3v) is 2.79. The molecule has 0 fully saturated rings. The van der Waals surface area contributed by atoms with Crippen molar-refractivity contribution in [3.63, 3.8) is 0 Å². The van der Waals surface area contributed by atoms with Gasteiger partial charge in [0.15, 0.2) is 5.78 Å². The fourth-order valence-electron chi connectivity index (χ4n) is 1.77. The minimum atomic E-state index is -0.906. The summed E-state index contributed by atoms with van der Waals surface area (Å²) in [4.78, 5) is 12.2. The van der Waals surface area contributed by atoms with Crippen LogP contribution in [0.1, 0.15) is 15.9 Å². The van der Waals surface area contributed by atoms with Crippen LogP contribution in [0.2, 0.25) is 0 Å². The average Bonchev–Trinajstić information content (AvgIpc) is 2.46. The molecule has 0 bridgehead atoms. The lowest BCUT2D eigenvalue weighted by molar-refractivity contribution is 0.103. The summed E-state index contributed by atoms with van der Waals surface area (Å²) in [5.74, 6) is -1.39. The Hall–Kier alpha value is -2.43. The largest absolute Gasteiger partial charge is 0.497 e. The second kappa shape index (κ2) is 5.69. The molecule has 0 aliphatic rings. The van der Waals surface area contributed by atoms with Crippen molar-refractivity contribution in [2.45, 2.75) is 0 Å². The molecule has 0 N–H and O–H groups in total. The topological polar surface area (TPSA) is 35.5 Å². The van der Waals surface area contributed by atoms with Gasteiger partial charge in [-0.3, -0.25) is 4.79 Å². The molecular weight excluding hydrogens is 266 g/mol. The van der Waals surface area contributed by atoms with E-state index in [2.05, 4.69) is 0 Å². The van der Waals surface area contributed by atoms with Gasteiger partial charge in [-0.2, -0.15) is 0 Å². The Morgan fingerprint density at radius 2 is 1.55 bits per heavy atom. The SMILES string of the molecule is COc1cc(OC)cc(C(=O)c2ccc(F)cc2F)c1. The van der Waals surface area contributed by atoms with Crippen molar-refractivity contribution in [1.29, 1.82) is 0 Å². The number of halogens is 2. The monoisotopic (exact) mass is 278 g/mol. The van der Waals surface area contributed by atoms with Gasteiger partial charge in [-0.15, -0.1) is 0 Å². The molecule has 2 aromatic carbocycles. The number of carbonyl (C=O) groups is 1. The summed E-state index contributed by atoms with van der Waals surface area (Å²) in [7, 11) is 2.89. The minimum Gasteiger partial charge on any atom is -0.497 e. The summed E-state index contributed by atoms with van der Waals surface area (Å²) in [6.45, 7) is 0. The first kappa shape index (κ1) is 14.0. The zero-order chi connectivity index (χ0) is 14.7. The van der Waals surface area contributed by atoms with Crippen LogP contribution in [-0.4, -0.2) is 20.0 Å². The van der Waals surface area contributed by atoms with Crippen molar-refractivity contribution >= 4 is 5.78 Å². The molecule has 3 nitrogen and oxygen atoms in total. The number of hydrogen-bond acceptors (Lipinski definition) is 3. The van der Waals surface area contributed by atoms with Crippen molar-refractivity contribution < 1.29 is 23.0 Å². The Bertz CT molecular complexity index is 631. The molecule has 0 aromatic heterocycles. The molecule has 0 aliphatic heterocycles. The van der Waals surface area contributed by atoms with Gasteiger partial charge < -0.3 is 9.47 Å². The molecule has 20 heavy (non-hydrogen) atoms. The van der Waals surface area contributed by atoms with Gasteiger partial charge in [-0.1, -0.05) is 0 Å². The lowest BCUT2D eigenvalue weighted by atomic mass is 10.0. The van der Waals surface area contributed by atoms with Crippen LogP contribution in [0.25, 0.3) is 0 Å². The van der Waals surface area contributed by atoms with Crippen LogP contribution in [0, 0.1) is 11.6 Å². The molecule has 2 aromatic rings. The Balaban J connectivity index is 2.47. The standard InChI is InChI=1S/C15H12F2O3/c1-19-11-5-9(6-12(8-11)20-2)15(18)13-4-3-10(16)7-14(13)17/h3-8H,1-2H3. The molecule has 0 atom stereocenters. The fourth-order valence-corrected chi connectivity index (χ4v) is 1.77. The molecule has 0 aliphatic carbocycles. The maximum Gasteiger partial charge on any atom is 0.196 e. The van der Waals surface area contributed by atoms with Gasteiger partial charge >= 0.3 is 0 Å². The van der Waals surface area contributed by atoms with E-state index in [1.54, 1.807) is 6.07 Å². The number of ketones is 1. The summed E-state index contributed by atoms with van der Waals surface area (Å²) < 4.78 is 36.6. The number of benzene rings is 2. The molecule has 0 saturated heterocycles. The summed E-state index contributed by atoms with van der Waals surface area (Å²) in [5.41, 5.74) is -0.00610. The summed E-state index contributed by atoms with van der Waals surface area (Å²) >= 11 is 0. The first-order valence-corrected chi connectivity index (χ1v) is 5.78. The van der Waals surface area contributed by atoms with Gasteiger partial charge in [0, 0.05) is 17.7 Å². The average molecular weight is 278 g/mol. The van der Waals surface area contributed by atoms with Gasteiger partial charge in [0.25, 0.3) is 0 Å². The highest BCUT2D eigenvalue weighted by Gasteiger charge is 2.16. The Labute approximate surface area is 114 Å². The number of methoxy groups -OCH3 is 2. The van der Waals surface area contributed by atoms with Crippen molar-refractivity contribution in [2.75, 3.05) is 14.2 Å². The minimum absolute atomic E-state index is 0.201. The zero-order valence-corrected chi connectivity index (χ0v) is 10.9. The molecule has 0 amide bonds. The normalized spacial score (nSPS) is 10.2. The molecule has 0 unspecified atom stereocenters. The number of rotatable bonds is 4. The highest BCUT2D eigenvalue weighted by Crippen LogP contribution is 2.25. The van der Waals surface area contributed by atoms with Crippen LogP contribution < -0.4 is 9.47 Å². The van der Waals surface area contributed by atoms with E-state index in [0.29, 0.717) is 17.6 Å². The van der Waals surface area contributed by atoms with Gasteiger partial charge in [0.05, 0.1) is 19.8 Å². The van der Waals surface area contributed by atoms with E-state index in [4.69, 9.17) is 9.47 Å². The van der Waals surface area contributed by atoms with E-state index in [1.807, 2.05) is 0 Å². The van der Waals surface area contributed by atoms with E-state index in [9.17, 15) is 13.6 Å². The van der Waals surface area contributed by atoms with Crippen LogP contribution in [0.15, 0.2) is 36.4 Å². The van der Waals surface area contributed by atoms with E-state index < -0.39 is 17.4 Å². The Kier molecular flexibility index (Phi) is 3.98. The highest BCUT2D eigenvalue weighted by molar-refractivity contribution is 6.09. The van der Waals surface area contributed by atoms with Crippen molar-refractivity contribution in [2.24, 2.45) is 0 Å². The summed E-state index contributed by atoms with van der Waals surface area (Å²) in [5, 5.41) is 0. The molecule has 5 heteroatoms. The second-order valence-electron chi connectivity index (χ2n) is 4.05. The van der Waals surface area contributed by atoms with E-state index >= 15 is 0 Å². The van der Waals surface area contributed by atoms with Crippen molar-refractivity contribution in [3.8, 4) is 11.5 Å². The quantitative estimate of drug-likeness (QED) is 0.806. The maximum absolute atomic E-state index is 13.6. The van der Waals surface area contributed by atoms with Gasteiger partial charge in [0.1, 0.15) is 23.1 Å².